The van der Waals surface area contributed by atoms with Crippen molar-refractivity contribution in [3.8, 4) is 10.6 Å². The minimum Gasteiger partial charge on any atom is -0.298 e. The average molecular weight is 282 g/mol. The number of hydrogen-bond acceptors (Lipinski definition) is 3. The van der Waals surface area contributed by atoms with Crippen molar-refractivity contribution in [2.45, 2.75) is 13.5 Å². The predicted molar refractivity (Wildman–Crippen MR) is 81.2 cm³/mol. The Bertz CT molecular complexity index is 729. The van der Waals surface area contributed by atoms with Gasteiger partial charge in [0.05, 0.1) is 17.0 Å². The largest absolute Gasteiger partial charge is 0.298 e. The lowest BCUT2D eigenvalue weighted by atomic mass is 10.1. The number of aromatic nitrogens is 2. The molecule has 1 aromatic carbocycles. The third kappa shape index (κ3) is 2.56. The van der Waals surface area contributed by atoms with Gasteiger partial charge >= 0.3 is 0 Å². The summed E-state index contributed by atoms with van der Waals surface area (Å²) in [6.07, 6.45) is 2.68. The Morgan fingerprint density at radius 2 is 2.20 bits per heavy atom. The molecule has 0 saturated carbocycles. The summed E-state index contributed by atoms with van der Waals surface area (Å²) in [5.41, 5.74) is 3.81. The molecule has 2 heterocycles. The molecule has 2 aromatic heterocycles. The summed E-state index contributed by atoms with van der Waals surface area (Å²) in [6, 6.07) is 12.3. The Morgan fingerprint density at radius 3 is 2.90 bits per heavy atom. The lowest BCUT2D eigenvalue weighted by Gasteiger charge is -2.02. The molecule has 3 rings (SSSR count). The summed E-state index contributed by atoms with van der Waals surface area (Å²) < 4.78 is 1.83. The van der Waals surface area contributed by atoms with E-state index in [0.717, 1.165) is 16.9 Å². The smallest absolute Gasteiger partial charge is 0.153 e. The fourth-order valence-electron chi connectivity index (χ4n) is 2.21. The summed E-state index contributed by atoms with van der Waals surface area (Å²) in [5.74, 6) is 0. The van der Waals surface area contributed by atoms with Crippen LogP contribution >= 0.6 is 11.3 Å². The molecule has 0 saturated heterocycles. The van der Waals surface area contributed by atoms with Crippen LogP contribution in [0.5, 0.6) is 0 Å². The first-order valence-corrected chi connectivity index (χ1v) is 7.26. The molecular weight excluding hydrogens is 268 g/mol. The molecule has 0 spiro atoms. The van der Waals surface area contributed by atoms with Crippen LogP contribution in [0.15, 0.2) is 48.0 Å². The molecule has 0 aliphatic rings. The van der Waals surface area contributed by atoms with Gasteiger partial charge in [-0.15, -0.1) is 11.3 Å². The summed E-state index contributed by atoms with van der Waals surface area (Å²) in [5, 5.41) is 6.53. The zero-order valence-electron chi connectivity index (χ0n) is 11.1. The second kappa shape index (κ2) is 5.43. The van der Waals surface area contributed by atoms with Crippen LogP contribution in [0.3, 0.4) is 0 Å². The van der Waals surface area contributed by atoms with Crippen molar-refractivity contribution in [2.75, 3.05) is 0 Å². The van der Waals surface area contributed by atoms with Crippen molar-refractivity contribution in [1.82, 2.24) is 9.78 Å². The number of carbonyl (C=O) groups is 1. The summed E-state index contributed by atoms with van der Waals surface area (Å²) in [7, 11) is 0. The number of aldehydes is 1. The van der Waals surface area contributed by atoms with Crippen LogP contribution in [0.2, 0.25) is 0 Å². The van der Waals surface area contributed by atoms with Crippen LogP contribution in [0.1, 0.15) is 21.5 Å². The van der Waals surface area contributed by atoms with Gasteiger partial charge in [-0.2, -0.15) is 5.10 Å². The molecule has 0 unspecified atom stereocenters. The minimum absolute atomic E-state index is 0.639. The highest BCUT2D eigenvalue weighted by molar-refractivity contribution is 7.13. The second-order valence-corrected chi connectivity index (χ2v) is 5.66. The van der Waals surface area contributed by atoms with Crippen LogP contribution in [0.25, 0.3) is 10.6 Å². The lowest BCUT2D eigenvalue weighted by Crippen LogP contribution is -2.00. The maximum Gasteiger partial charge on any atom is 0.153 e. The first-order chi connectivity index (χ1) is 9.76. The van der Waals surface area contributed by atoms with Crippen LogP contribution in [0.4, 0.5) is 0 Å². The van der Waals surface area contributed by atoms with Gasteiger partial charge in [0.25, 0.3) is 0 Å². The summed E-state index contributed by atoms with van der Waals surface area (Å²) in [4.78, 5) is 12.2. The Balaban J connectivity index is 1.93. The van der Waals surface area contributed by atoms with Gasteiger partial charge in [0.2, 0.25) is 0 Å². The Hall–Kier alpha value is -2.20. The Labute approximate surface area is 121 Å². The molecule has 0 aliphatic heterocycles. The molecular formula is C16H14N2OS. The van der Waals surface area contributed by atoms with Gasteiger partial charge in [0.1, 0.15) is 5.69 Å². The third-order valence-electron chi connectivity index (χ3n) is 3.10. The van der Waals surface area contributed by atoms with Gasteiger partial charge in [0, 0.05) is 6.20 Å². The van der Waals surface area contributed by atoms with Gasteiger partial charge in [0.15, 0.2) is 6.29 Å². The van der Waals surface area contributed by atoms with E-state index in [9.17, 15) is 4.79 Å². The van der Waals surface area contributed by atoms with Crippen molar-refractivity contribution in [3.63, 3.8) is 0 Å². The van der Waals surface area contributed by atoms with Gasteiger partial charge < -0.3 is 0 Å². The Morgan fingerprint density at radius 1 is 1.30 bits per heavy atom. The molecule has 3 aromatic rings. The van der Waals surface area contributed by atoms with E-state index < -0.39 is 0 Å². The molecule has 0 fully saturated rings. The number of thiophene rings is 1. The van der Waals surface area contributed by atoms with Crippen LogP contribution < -0.4 is 0 Å². The van der Waals surface area contributed by atoms with E-state index in [-0.39, 0.29) is 0 Å². The van der Waals surface area contributed by atoms with E-state index in [4.69, 9.17) is 0 Å². The SMILES string of the molecule is Cc1cccc(Cn2cc(C=O)c(-c3cccs3)n2)c1. The number of nitrogens with zero attached hydrogens (tertiary/aromatic N) is 2. The fourth-order valence-corrected chi connectivity index (χ4v) is 2.94. The highest BCUT2D eigenvalue weighted by Gasteiger charge is 2.11. The van der Waals surface area contributed by atoms with Gasteiger partial charge in [-0.25, -0.2) is 0 Å². The third-order valence-corrected chi connectivity index (χ3v) is 3.98. The van der Waals surface area contributed by atoms with Gasteiger partial charge in [-0.05, 0) is 23.9 Å². The first-order valence-electron chi connectivity index (χ1n) is 6.38. The average Bonchev–Trinajstić information content (AvgIpc) is 3.06. The molecule has 0 amide bonds. The van der Waals surface area contributed by atoms with Crippen LogP contribution in [0, 0.1) is 6.92 Å². The predicted octanol–water partition coefficient (Wildman–Crippen LogP) is 3.78. The maximum atomic E-state index is 11.2. The second-order valence-electron chi connectivity index (χ2n) is 4.71. The molecule has 100 valence electrons. The number of carbonyl (C=O) groups excluding carboxylic acids is 1. The molecule has 0 N–H and O–H groups in total. The number of benzene rings is 1. The quantitative estimate of drug-likeness (QED) is 0.683. The van der Waals surface area contributed by atoms with Gasteiger partial charge in [-0.1, -0.05) is 35.9 Å². The highest BCUT2D eigenvalue weighted by atomic mass is 32.1. The van der Waals surface area contributed by atoms with Crippen LogP contribution in [-0.4, -0.2) is 16.1 Å². The van der Waals surface area contributed by atoms with E-state index in [0.29, 0.717) is 12.1 Å². The van der Waals surface area contributed by atoms with E-state index in [1.165, 1.54) is 11.1 Å². The van der Waals surface area contributed by atoms with Crippen molar-refractivity contribution in [2.24, 2.45) is 0 Å². The molecule has 0 aliphatic carbocycles. The highest BCUT2D eigenvalue weighted by Crippen LogP contribution is 2.25. The molecule has 0 bridgehead atoms. The minimum atomic E-state index is 0.639. The number of aryl methyl sites for hydroxylation is 1. The topological polar surface area (TPSA) is 34.9 Å². The molecule has 20 heavy (non-hydrogen) atoms. The number of rotatable bonds is 4. The molecule has 3 nitrogen and oxygen atoms in total. The van der Waals surface area contributed by atoms with E-state index in [1.807, 2.05) is 34.5 Å². The van der Waals surface area contributed by atoms with Crippen LogP contribution in [-0.2, 0) is 6.54 Å². The monoisotopic (exact) mass is 282 g/mol. The van der Waals surface area contributed by atoms with E-state index in [2.05, 4.69) is 30.2 Å². The first kappa shape index (κ1) is 12.8. The van der Waals surface area contributed by atoms with Crippen molar-refractivity contribution < 1.29 is 4.79 Å². The van der Waals surface area contributed by atoms with Crippen molar-refractivity contribution in [3.05, 3.63) is 64.7 Å². The van der Waals surface area contributed by atoms with E-state index in [1.54, 1.807) is 11.3 Å². The number of hydrogen-bond donors (Lipinski definition) is 0. The lowest BCUT2D eigenvalue weighted by molar-refractivity contribution is 0.112. The summed E-state index contributed by atoms with van der Waals surface area (Å²) in [6.45, 7) is 2.74. The Kier molecular flexibility index (Phi) is 3.48. The molecule has 4 heteroatoms. The zero-order valence-corrected chi connectivity index (χ0v) is 11.9. The van der Waals surface area contributed by atoms with Gasteiger partial charge in [-0.3, -0.25) is 9.48 Å². The standard InChI is InChI=1S/C16H14N2OS/c1-12-4-2-5-13(8-12)9-18-10-14(11-19)16(17-18)15-6-3-7-20-15/h2-8,10-11H,9H2,1H3. The van der Waals surface area contributed by atoms with Crippen molar-refractivity contribution in [1.29, 1.82) is 0 Å². The molecule has 0 radical (unpaired) electrons. The van der Waals surface area contributed by atoms with Crippen molar-refractivity contribution >= 4 is 17.6 Å². The molecule has 0 atom stereocenters. The zero-order chi connectivity index (χ0) is 13.9. The summed E-state index contributed by atoms with van der Waals surface area (Å²) >= 11 is 1.59. The fraction of sp³-hybridized carbons (Fsp3) is 0.125. The van der Waals surface area contributed by atoms with E-state index >= 15 is 0 Å². The maximum absolute atomic E-state index is 11.2. The normalized spacial score (nSPS) is 10.7.